The third-order valence-electron chi connectivity index (χ3n) is 2.01. The van der Waals surface area contributed by atoms with Gasteiger partial charge in [0.05, 0.1) is 12.0 Å². The Labute approximate surface area is 80.4 Å². The molecule has 0 fully saturated rings. The summed E-state index contributed by atoms with van der Waals surface area (Å²) in [4.78, 5) is 0. The number of hydrogen-bond donors (Lipinski definition) is 1. The third kappa shape index (κ3) is 1.82. The molecule has 0 spiro atoms. The summed E-state index contributed by atoms with van der Waals surface area (Å²) in [5.41, 5.74) is -0.00898. The van der Waals surface area contributed by atoms with Crippen LogP contribution < -0.4 is 0 Å². The van der Waals surface area contributed by atoms with Crippen molar-refractivity contribution in [1.82, 2.24) is 0 Å². The second kappa shape index (κ2) is 4.05. The molecule has 0 aromatic heterocycles. The van der Waals surface area contributed by atoms with E-state index in [2.05, 4.69) is 0 Å². The van der Waals surface area contributed by atoms with Gasteiger partial charge in [0.2, 0.25) is 0 Å². The second-order valence-corrected chi connectivity index (χ2v) is 2.92. The Morgan fingerprint density at radius 3 is 2.57 bits per heavy atom. The van der Waals surface area contributed by atoms with Crippen molar-refractivity contribution in [3.63, 3.8) is 0 Å². The molecule has 0 amide bonds. The van der Waals surface area contributed by atoms with Gasteiger partial charge in [0, 0.05) is 11.6 Å². The zero-order valence-electron chi connectivity index (χ0n) is 7.59. The number of hydrogen-bond acceptors (Lipinski definition) is 2. The minimum Gasteiger partial charge on any atom is -0.505 e. The van der Waals surface area contributed by atoms with E-state index in [1.54, 1.807) is 6.92 Å². The standard InChI is InChI=1S/C10H9F2NO/c1-2-6(5-13)7-3-9(12)10(14)4-8(7)11/h3-4,6,14H,2H2,1H3. The number of halogens is 2. The van der Waals surface area contributed by atoms with E-state index in [0.717, 1.165) is 6.07 Å². The van der Waals surface area contributed by atoms with E-state index in [1.165, 1.54) is 0 Å². The van der Waals surface area contributed by atoms with Gasteiger partial charge in [0.15, 0.2) is 11.6 Å². The number of rotatable bonds is 2. The molecule has 0 bridgehead atoms. The topological polar surface area (TPSA) is 44.0 Å². The molecule has 1 atom stereocenters. The minimum atomic E-state index is -0.907. The van der Waals surface area contributed by atoms with Crippen LogP contribution in [0.2, 0.25) is 0 Å². The smallest absolute Gasteiger partial charge is 0.165 e. The zero-order chi connectivity index (χ0) is 10.7. The van der Waals surface area contributed by atoms with Gasteiger partial charge in [0.25, 0.3) is 0 Å². The van der Waals surface area contributed by atoms with Crippen LogP contribution in [0.1, 0.15) is 24.8 Å². The number of aromatic hydroxyl groups is 1. The SMILES string of the molecule is CCC(C#N)c1cc(F)c(O)cc1F. The van der Waals surface area contributed by atoms with Crippen LogP contribution in [0.5, 0.6) is 5.75 Å². The molecule has 0 aliphatic heterocycles. The van der Waals surface area contributed by atoms with E-state index in [4.69, 9.17) is 10.4 Å². The van der Waals surface area contributed by atoms with E-state index in [0.29, 0.717) is 12.5 Å². The summed E-state index contributed by atoms with van der Waals surface area (Å²) in [7, 11) is 0. The maximum atomic E-state index is 13.2. The highest BCUT2D eigenvalue weighted by Gasteiger charge is 2.16. The highest BCUT2D eigenvalue weighted by atomic mass is 19.1. The van der Waals surface area contributed by atoms with Crippen molar-refractivity contribution >= 4 is 0 Å². The molecule has 1 N–H and O–H groups in total. The summed E-state index contributed by atoms with van der Waals surface area (Å²) >= 11 is 0. The molecule has 1 aromatic carbocycles. The monoisotopic (exact) mass is 197 g/mol. The Morgan fingerprint density at radius 2 is 2.07 bits per heavy atom. The van der Waals surface area contributed by atoms with Crippen LogP contribution in [0.4, 0.5) is 8.78 Å². The van der Waals surface area contributed by atoms with Crippen LogP contribution >= 0.6 is 0 Å². The van der Waals surface area contributed by atoms with Crippen LogP contribution in [0.25, 0.3) is 0 Å². The fourth-order valence-corrected chi connectivity index (χ4v) is 1.20. The lowest BCUT2D eigenvalue weighted by Gasteiger charge is -2.08. The molecule has 1 aromatic rings. The lowest BCUT2D eigenvalue weighted by molar-refractivity contribution is 0.424. The quantitative estimate of drug-likeness (QED) is 0.792. The predicted octanol–water partition coefficient (Wildman–Crippen LogP) is 2.69. The van der Waals surface area contributed by atoms with Crippen molar-refractivity contribution in [3.8, 4) is 11.8 Å². The molecular formula is C10H9F2NO. The van der Waals surface area contributed by atoms with Gasteiger partial charge in [-0.3, -0.25) is 0 Å². The zero-order valence-corrected chi connectivity index (χ0v) is 7.59. The van der Waals surface area contributed by atoms with Crippen LogP contribution in [0, 0.1) is 23.0 Å². The highest BCUT2D eigenvalue weighted by Crippen LogP contribution is 2.27. The Bertz CT molecular complexity index is 384. The molecule has 0 radical (unpaired) electrons. The molecule has 0 saturated carbocycles. The van der Waals surface area contributed by atoms with Gasteiger partial charge in [-0.05, 0) is 12.5 Å². The number of nitriles is 1. The van der Waals surface area contributed by atoms with Gasteiger partial charge in [-0.2, -0.15) is 5.26 Å². The van der Waals surface area contributed by atoms with Gasteiger partial charge in [0.1, 0.15) is 5.82 Å². The maximum absolute atomic E-state index is 13.2. The lowest BCUT2D eigenvalue weighted by Crippen LogP contribution is -1.99. The van der Waals surface area contributed by atoms with Gasteiger partial charge >= 0.3 is 0 Å². The largest absolute Gasteiger partial charge is 0.505 e. The van der Waals surface area contributed by atoms with Crippen LogP contribution in [-0.4, -0.2) is 5.11 Å². The number of phenols is 1. The van der Waals surface area contributed by atoms with Gasteiger partial charge in [-0.1, -0.05) is 6.92 Å². The number of benzene rings is 1. The van der Waals surface area contributed by atoms with Crippen LogP contribution in [0.3, 0.4) is 0 Å². The number of phenolic OH excluding ortho intramolecular Hbond substituents is 1. The normalized spacial score (nSPS) is 12.1. The molecule has 4 heteroatoms. The molecule has 0 aliphatic carbocycles. The summed E-state index contributed by atoms with van der Waals surface area (Å²) in [6.45, 7) is 1.71. The average molecular weight is 197 g/mol. The minimum absolute atomic E-state index is 0.00898. The van der Waals surface area contributed by atoms with Crippen molar-refractivity contribution in [2.24, 2.45) is 0 Å². The van der Waals surface area contributed by atoms with Crippen molar-refractivity contribution in [1.29, 1.82) is 5.26 Å². The number of nitrogens with zero attached hydrogens (tertiary/aromatic N) is 1. The van der Waals surface area contributed by atoms with Gasteiger partial charge in [-0.15, -0.1) is 0 Å². The van der Waals surface area contributed by atoms with E-state index < -0.39 is 23.3 Å². The Kier molecular flexibility index (Phi) is 3.03. The average Bonchev–Trinajstić information content (AvgIpc) is 2.15. The lowest BCUT2D eigenvalue weighted by atomic mass is 9.97. The summed E-state index contributed by atoms with van der Waals surface area (Å²) in [6, 6.07) is 3.42. The molecule has 0 saturated heterocycles. The third-order valence-corrected chi connectivity index (χ3v) is 2.01. The Morgan fingerprint density at radius 1 is 1.43 bits per heavy atom. The molecule has 0 aliphatic rings. The Hall–Kier alpha value is -1.63. The Balaban J connectivity index is 3.22. The van der Waals surface area contributed by atoms with Crippen LogP contribution in [0.15, 0.2) is 12.1 Å². The maximum Gasteiger partial charge on any atom is 0.165 e. The van der Waals surface area contributed by atoms with Crippen LogP contribution in [-0.2, 0) is 0 Å². The summed E-state index contributed by atoms with van der Waals surface area (Å²) in [5.74, 6) is -3.07. The second-order valence-electron chi connectivity index (χ2n) is 2.92. The first kappa shape index (κ1) is 10.5. The fraction of sp³-hybridized carbons (Fsp3) is 0.300. The first-order chi connectivity index (χ1) is 6.60. The first-order valence-electron chi connectivity index (χ1n) is 4.17. The van der Waals surface area contributed by atoms with E-state index in [9.17, 15) is 8.78 Å². The van der Waals surface area contributed by atoms with Gasteiger partial charge < -0.3 is 5.11 Å². The molecule has 1 rings (SSSR count). The van der Waals surface area contributed by atoms with Crippen molar-refractivity contribution in [3.05, 3.63) is 29.3 Å². The molecule has 74 valence electrons. The van der Waals surface area contributed by atoms with E-state index >= 15 is 0 Å². The van der Waals surface area contributed by atoms with Gasteiger partial charge in [-0.25, -0.2) is 8.78 Å². The molecule has 0 heterocycles. The van der Waals surface area contributed by atoms with Crippen molar-refractivity contribution in [2.45, 2.75) is 19.3 Å². The van der Waals surface area contributed by atoms with Crippen molar-refractivity contribution < 1.29 is 13.9 Å². The van der Waals surface area contributed by atoms with Crippen molar-refractivity contribution in [2.75, 3.05) is 0 Å². The molecule has 14 heavy (non-hydrogen) atoms. The molecule has 1 unspecified atom stereocenters. The first-order valence-corrected chi connectivity index (χ1v) is 4.17. The summed E-state index contributed by atoms with van der Waals surface area (Å²) in [6.07, 6.45) is 0.400. The molecule has 2 nitrogen and oxygen atoms in total. The fourth-order valence-electron chi connectivity index (χ4n) is 1.20. The molecular weight excluding hydrogens is 188 g/mol. The predicted molar refractivity (Wildman–Crippen MR) is 46.7 cm³/mol. The van der Waals surface area contributed by atoms with E-state index in [-0.39, 0.29) is 5.56 Å². The highest BCUT2D eigenvalue weighted by molar-refractivity contribution is 5.34. The van der Waals surface area contributed by atoms with E-state index in [1.807, 2.05) is 6.07 Å². The summed E-state index contributed by atoms with van der Waals surface area (Å²) < 4.78 is 26.0. The summed E-state index contributed by atoms with van der Waals surface area (Å²) in [5, 5.41) is 17.5.